The van der Waals surface area contributed by atoms with Crippen LogP contribution in [0.5, 0.6) is 0 Å². The fraction of sp³-hybridized carbons (Fsp3) is 0.176. The average Bonchev–Trinajstić information content (AvgIpc) is 3.38. The first-order valence-electron chi connectivity index (χ1n) is 7.75. The number of rotatable bonds is 3. The van der Waals surface area contributed by atoms with E-state index in [0.717, 1.165) is 6.07 Å². The Balaban J connectivity index is 1.71. The van der Waals surface area contributed by atoms with Gasteiger partial charge in [0.25, 0.3) is 5.56 Å². The highest BCUT2D eigenvalue weighted by molar-refractivity contribution is 6.30. The predicted octanol–water partition coefficient (Wildman–Crippen LogP) is 2.72. The first kappa shape index (κ1) is 16.6. The van der Waals surface area contributed by atoms with Crippen molar-refractivity contribution >= 4 is 11.6 Å². The summed E-state index contributed by atoms with van der Waals surface area (Å²) in [5.74, 6) is -2.15. The molecular formula is C17H11ClF2N4O2. The number of aromatic amines is 2. The van der Waals surface area contributed by atoms with Gasteiger partial charge < -0.3 is 4.98 Å². The average molecular weight is 377 g/mol. The first-order valence-corrected chi connectivity index (χ1v) is 8.13. The quantitative estimate of drug-likeness (QED) is 0.735. The topological polar surface area (TPSA) is 91.5 Å². The van der Waals surface area contributed by atoms with Crippen LogP contribution in [0, 0.1) is 11.6 Å². The van der Waals surface area contributed by atoms with Gasteiger partial charge in [-0.2, -0.15) is 0 Å². The minimum Gasteiger partial charge on any atom is -0.313 e. The molecule has 2 heterocycles. The third kappa shape index (κ3) is 2.82. The summed E-state index contributed by atoms with van der Waals surface area (Å²) >= 11 is 6.12. The van der Waals surface area contributed by atoms with Crippen LogP contribution in [0.4, 0.5) is 8.78 Å². The zero-order valence-electron chi connectivity index (χ0n) is 13.1. The third-order valence-electron chi connectivity index (χ3n) is 4.44. The van der Waals surface area contributed by atoms with Gasteiger partial charge >= 0.3 is 5.69 Å². The number of nitrogens with one attached hydrogen (secondary N) is 2. The van der Waals surface area contributed by atoms with E-state index in [1.807, 2.05) is 0 Å². The third-order valence-corrected chi connectivity index (χ3v) is 4.74. The van der Waals surface area contributed by atoms with Gasteiger partial charge in [-0.05, 0) is 41.5 Å². The molecule has 0 radical (unpaired) electrons. The van der Waals surface area contributed by atoms with Crippen molar-refractivity contribution in [2.45, 2.75) is 18.3 Å². The van der Waals surface area contributed by atoms with Gasteiger partial charge in [-0.15, -0.1) is 10.2 Å². The van der Waals surface area contributed by atoms with Crippen molar-refractivity contribution in [1.29, 1.82) is 0 Å². The summed E-state index contributed by atoms with van der Waals surface area (Å²) in [6.45, 7) is 0. The van der Waals surface area contributed by atoms with E-state index < -0.39 is 22.9 Å². The van der Waals surface area contributed by atoms with Gasteiger partial charge in [-0.25, -0.2) is 13.6 Å². The smallest absolute Gasteiger partial charge is 0.313 e. The van der Waals surface area contributed by atoms with Crippen LogP contribution in [0.3, 0.4) is 0 Å². The van der Waals surface area contributed by atoms with Gasteiger partial charge in [0.2, 0.25) is 0 Å². The zero-order chi connectivity index (χ0) is 18.4. The molecule has 0 saturated heterocycles. The van der Waals surface area contributed by atoms with E-state index in [1.165, 1.54) is 12.3 Å². The normalized spacial score (nSPS) is 18.7. The largest absolute Gasteiger partial charge is 0.325 e. The number of aromatic nitrogens is 4. The Labute approximate surface area is 149 Å². The molecule has 0 aliphatic heterocycles. The minimum atomic E-state index is -0.896. The van der Waals surface area contributed by atoms with E-state index in [4.69, 9.17) is 11.6 Å². The second-order valence-electron chi connectivity index (χ2n) is 6.05. The van der Waals surface area contributed by atoms with Crippen LogP contribution in [0.2, 0.25) is 5.15 Å². The van der Waals surface area contributed by atoms with Crippen LogP contribution in [0.25, 0.3) is 11.3 Å². The van der Waals surface area contributed by atoms with Gasteiger partial charge in [0.1, 0.15) is 5.69 Å². The Morgan fingerprint density at radius 2 is 1.88 bits per heavy atom. The fourth-order valence-electron chi connectivity index (χ4n) is 3.07. The molecule has 1 aromatic carbocycles. The van der Waals surface area contributed by atoms with Gasteiger partial charge in [0, 0.05) is 6.20 Å². The lowest BCUT2D eigenvalue weighted by molar-refractivity contribution is 0.498. The number of H-pyrrole nitrogens is 2. The molecule has 0 amide bonds. The Kier molecular flexibility index (Phi) is 3.91. The van der Waals surface area contributed by atoms with Crippen LogP contribution in [-0.2, 0) is 0 Å². The lowest BCUT2D eigenvalue weighted by atomic mass is 10.0. The molecule has 4 rings (SSSR count). The molecule has 1 aliphatic rings. The van der Waals surface area contributed by atoms with Crippen molar-refractivity contribution in [3.8, 4) is 11.3 Å². The Morgan fingerprint density at radius 1 is 1.12 bits per heavy atom. The van der Waals surface area contributed by atoms with Crippen LogP contribution in [0.15, 0.2) is 40.1 Å². The molecule has 6 nitrogen and oxygen atoms in total. The summed E-state index contributed by atoms with van der Waals surface area (Å²) in [4.78, 5) is 27.5. The van der Waals surface area contributed by atoms with E-state index in [0.29, 0.717) is 12.0 Å². The highest BCUT2D eigenvalue weighted by Gasteiger charge is 2.43. The SMILES string of the molecule is O=c1[nH]cc(-c2cc([C@H]3C[C@@H]3c3cccc(F)c3F)c(Cl)nn2)c(=O)[nH]1. The molecule has 132 valence electrons. The Morgan fingerprint density at radius 3 is 2.65 bits per heavy atom. The second kappa shape index (κ2) is 6.14. The van der Waals surface area contributed by atoms with Gasteiger partial charge in [-0.1, -0.05) is 23.7 Å². The number of hydrogen-bond acceptors (Lipinski definition) is 4. The Bertz CT molecular complexity index is 1130. The summed E-state index contributed by atoms with van der Waals surface area (Å²) in [5.41, 5.74) is -0.0109. The van der Waals surface area contributed by atoms with E-state index in [9.17, 15) is 18.4 Å². The van der Waals surface area contributed by atoms with Crippen molar-refractivity contribution in [3.05, 3.63) is 79.2 Å². The molecule has 9 heteroatoms. The lowest BCUT2D eigenvalue weighted by Crippen LogP contribution is -2.23. The molecule has 1 aliphatic carbocycles. The standard InChI is InChI=1S/C17H11ClF2N4O2/c18-15-10(9-4-8(9)7-2-1-3-12(19)14(7)20)5-13(23-24-15)11-6-21-17(26)22-16(11)25/h1-3,5-6,8-9H,4H2,(H2,21,22,25,26)/t8-,9+/m1/s1. The van der Waals surface area contributed by atoms with E-state index in [2.05, 4.69) is 20.2 Å². The van der Waals surface area contributed by atoms with Crippen molar-refractivity contribution in [2.75, 3.05) is 0 Å². The van der Waals surface area contributed by atoms with Crippen molar-refractivity contribution in [1.82, 2.24) is 20.2 Å². The molecule has 2 aromatic heterocycles. The zero-order valence-corrected chi connectivity index (χ0v) is 13.8. The molecule has 0 bridgehead atoms. The van der Waals surface area contributed by atoms with Crippen LogP contribution in [0.1, 0.15) is 29.4 Å². The highest BCUT2D eigenvalue weighted by Crippen LogP contribution is 2.56. The van der Waals surface area contributed by atoms with Gasteiger partial charge in [0.15, 0.2) is 16.8 Å². The van der Waals surface area contributed by atoms with E-state index in [-0.39, 0.29) is 33.8 Å². The molecular weight excluding hydrogens is 366 g/mol. The molecule has 0 unspecified atom stereocenters. The fourth-order valence-corrected chi connectivity index (χ4v) is 3.30. The van der Waals surface area contributed by atoms with E-state index in [1.54, 1.807) is 12.1 Å². The second-order valence-corrected chi connectivity index (χ2v) is 6.41. The van der Waals surface area contributed by atoms with Crippen molar-refractivity contribution in [2.24, 2.45) is 0 Å². The summed E-state index contributed by atoms with van der Waals surface area (Å²) in [6.07, 6.45) is 1.81. The van der Waals surface area contributed by atoms with Gasteiger partial charge in [0.05, 0.1) is 5.56 Å². The number of nitrogens with zero attached hydrogens (tertiary/aromatic N) is 2. The minimum absolute atomic E-state index is 0.129. The van der Waals surface area contributed by atoms with Crippen LogP contribution < -0.4 is 11.2 Å². The molecule has 0 spiro atoms. The van der Waals surface area contributed by atoms with Crippen molar-refractivity contribution < 1.29 is 8.78 Å². The lowest BCUT2D eigenvalue weighted by Gasteiger charge is -2.06. The maximum Gasteiger partial charge on any atom is 0.325 e. The number of benzene rings is 1. The van der Waals surface area contributed by atoms with Crippen molar-refractivity contribution in [3.63, 3.8) is 0 Å². The van der Waals surface area contributed by atoms with Gasteiger partial charge in [-0.3, -0.25) is 9.78 Å². The summed E-state index contributed by atoms with van der Waals surface area (Å²) < 4.78 is 27.4. The molecule has 2 atom stereocenters. The van der Waals surface area contributed by atoms with Crippen LogP contribution >= 0.6 is 11.6 Å². The summed E-state index contributed by atoms with van der Waals surface area (Å²) in [5, 5.41) is 7.87. The van der Waals surface area contributed by atoms with Crippen LogP contribution in [-0.4, -0.2) is 20.2 Å². The molecule has 1 fully saturated rings. The van der Waals surface area contributed by atoms with E-state index >= 15 is 0 Å². The number of hydrogen-bond donors (Lipinski definition) is 2. The highest BCUT2D eigenvalue weighted by atomic mass is 35.5. The molecule has 26 heavy (non-hydrogen) atoms. The molecule has 1 saturated carbocycles. The Hall–Kier alpha value is -2.87. The summed E-state index contributed by atoms with van der Waals surface area (Å²) in [7, 11) is 0. The first-order chi connectivity index (χ1) is 12.5. The molecule has 2 N–H and O–H groups in total. The monoisotopic (exact) mass is 376 g/mol. The maximum absolute atomic E-state index is 14.0. The molecule has 3 aromatic rings. The maximum atomic E-state index is 14.0. The predicted molar refractivity (Wildman–Crippen MR) is 90.2 cm³/mol. The number of halogens is 3. The summed E-state index contributed by atoms with van der Waals surface area (Å²) in [6, 6.07) is 5.65.